The highest BCUT2D eigenvalue weighted by Crippen LogP contribution is 2.40. The summed E-state index contributed by atoms with van der Waals surface area (Å²) in [6.07, 6.45) is 1.51. The summed E-state index contributed by atoms with van der Waals surface area (Å²) in [6, 6.07) is 13.4. The van der Waals surface area contributed by atoms with Gasteiger partial charge in [0.15, 0.2) is 17.3 Å². The minimum Gasteiger partial charge on any atom is -0.504 e. The summed E-state index contributed by atoms with van der Waals surface area (Å²) in [6.45, 7) is 2.90. The molecule has 0 aliphatic carbocycles. The smallest absolute Gasteiger partial charge is 0.195 e. The molecule has 30 heavy (non-hydrogen) atoms. The van der Waals surface area contributed by atoms with Crippen LogP contribution in [0.25, 0.3) is 20.7 Å². The molecule has 0 bridgehead atoms. The van der Waals surface area contributed by atoms with Gasteiger partial charge in [0.05, 0.1) is 19.2 Å². The number of hydrogen-bond acceptors (Lipinski definition) is 8. The topological polar surface area (TPSA) is 106 Å². The van der Waals surface area contributed by atoms with Gasteiger partial charge >= 0.3 is 0 Å². The fourth-order valence-electron chi connectivity index (χ4n) is 3.17. The Hall–Kier alpha value is -3.36. The Morgan fingerprint density at radius 3 is 2.57 bits per heavy atom. The summed E-state index contributed by atoms with van der Waals surface area (Å²) in [5.74, 6) is 1.04. The lowest BCUT2D eigenvalue weighted by Gasteiger charge is -2.03. The zero-order valence-electron chi connectivity index (χ0n) is 16.7. The number of azo groups is 1. The van der Waals surface area contributed by atoms with Gasteiger partial charge < -0.3 is 15.6 Å². The van der Waals surface area contributed by atoms with Crippen LogP contribution in [0.3, 0.4) is 0 Å². The molecule has 0 aliphatic rings. The molecule has 3 N–H and O–H groups in total. The predicted molar refractivity (Wildman–Crippen MR) is 118 cm³/mol. The van der Waals surface area contributed by atoms with E-state index in [2.05, 4.69) is 39.3 Å². The van der Waals surface area contributed by atoms with Gasteiger partial charge in [0.25, 0.3) is 0 Å². The highest BCUT2D eigenvalue weighted by Gasteiger charge is 2.15. The molecule has 0 saturated carbocycles. The molecule has 2 heterocycles. The second-order valence-electron chi connectivity index (χ2n) is 6.74. The molecule has 0 fully saturated rings. The first-order valence-electron chi connectivity index (χ1n) is 9.37. The van der Waals surface area contributed by atoms with Gasteiger partial charge in [-0.2, -0.15) is 5.11 Å². The average molecular weight is 420 g/mol. The maximum Gasteiger partial charge on any atom is 0.195 e. The Labute approximate surface area is 177 Å². The molecule has 0 spiro atoms. The highest BCUT2D eigenvalue weighted by atomic mass is 32.1. The Balaban J connectivity index is 1.63. The summed E-state index contributed by atoms with van der Waals surface area (Å²) >= 11 is 1.60. The summed E-state index contributed by atoms with van der Waals surface area (Å²) in [5, 5.41) is 18.5. The van der Waals surface area contributed by atoms with E-state index in [-0.39, 0.29) is 5.75 Å². The largest absolute Gasteiger partial charge is 0.504 e. The number of ether oxygens (including phenoxy) is 1. The van der Waals surface area contributed by atoms with Crippen LogP contribution in [-0.2, 0) is 13.1 Å². The molecule has 0 unspecified atom stereocenters. The van der Waals surface area contributed by atoms with E-state index in [1.165, 1.54) is 13.4 Å². The molecule has 0 aliphatic heterocycles. The number of hydrogen-bond donors (Lipinski definition) is 2. The highest BCUT2D eigenvalue weighted by molar-refractivity contribution is 7.23. The van der Waals surface area contributed by atoms with Gasteiger partial charge in [0, 0.05) is 11.4 Å². The van der Waals surface area contributed by atoms with Crippen LogP contribution >= 0.6 is 11.3 Å². The minimum atomic E-state index is 0.0776. The molecule has 0 radical (unpaired) electrons. The van der Waals surface area contributed by atoms with E-state index in [1.807, 2.05) is 18.2 Å². The predicted octanol–water partition coefficient (Wildman–Crippen LogP) is 5.12. The molecule has 4 rings (SSSR count). The van der Waals surface area contributed by atoms with E-state index < -0.39 is 0 Å². The number of phenols is 1. The van der Waals surface area contributed by atoms with E-state index in [9.17, 15) is 5.11 Å². The monoisotopic (exact) mass is 419 g/mol. The minimum absolute atomic E-state index is 0.0776. The Bertz CT molecular complexity index is 1220. The van der Waals surface area contributed by atoms with Crippen LogP contribution in [0.1, 0.15) is 16.7 Å². The first-order valence-corrected chi connectivity index (χ1v) is 10.2. The van der Waals surface area contributed by atoms with Crippen molar-refractivity contribution in [3.63, 3.8) is 0 Å². The number of aryl methyl sites for hydroxylation is 1. The number of rotatable bonds is 6. The van der Waals surface area contributed by atoms with Crippen molar-refractivity contribution in [2.45, 2.75) is 20.0 Å². The molecule has 2 aromatic heterocycles. The summed E-state index contributed by atoms with van der Waals surface area (Å²) in [4.78, 5) is 9.89. The van der Waals surface area contributed by atoms with Gasteiger partial charge in [0.2, 0.25) is 0 Å². The van der Waals surface area contributed by atoms with Crippen molar-refractivity contribution in [1.29, 1.82) is 0 Å². The van der Waals surface area contributed by atoms with E-state index in [4.69, 9.17) is 10.5 Å². The summed E-state index contributed by atoms with van der Waals surface area (Å²) in [7, 11) is 1.51. The zero-order chi connectivity index (χ0) is 21.1. The Kier molecular flexibility index (Phi) is 5.69. The van der Waals surface area contributed by atoms with Crippen LogP contribution in [0.4, 0.5) is 5.82 Å². The van der Waals surface area contributed by atoms with Gasteiger partial charge in [-0.15, -0.1) is 16.5 Å². The molecule has 0 atom stereocenters. The number of aromatic hydroxyl groups is 1. The lowest BCUT2D eigenvalue weighted by atomic mass is 10.1. The van der Waals surface area contributed by atoms with E-state index >= 15 is 0 Å². The van der Waals surface area contributed by atoms with E-state index in [0.29, 0.717) is 24.7 Å². The zero-order valence-corrected chi connectivity index (χ0v) is 17.5. The molecule has 152 valence electrons. The van der Waals surface area contributed by atoms with Crippen LogP contribution in [0.2, 0.25) is 0 Å². The van der Waals surface area contributed by atoms with Gasteiger partial charge in [-0.1, -0.05) is 30.3 Å². The lowest BCUT2D eigenvalue weighted by molar-refractivity contribution is 0.373. The maximum atomic E-state index is 9.90. The molecular formula is C22H21N5O2S. The number of thiophene rings is 1. The molecule has 8 heteroatoms. The SMILES string of the molecule is COc1ccc(CN=Nc2ncnc3c(C)c(-c4ccc(CN)cc4)sc23)cc1O. The second-order valence-corrected chi connectivity index (χ2v) is 7.76. The van der Waals surface area contributed by atoms with Gasteiger partial charge in [-0.3, -0.25) is 0 Å². The third-order valence-corrected chi connectivity index (χ3v) is 6.12. The van der Waals surface area contributed by atoms with E-state index in [1.54, 1.807) is 23.5 Å². The molecular weight excluding hydrogens is 398 g/mol. The van der Waals surface area contributed by atoms with Crippen LogP contribution in [0.15, 0.2) is 59.0 Å². The molecule has 7 nitrogen and oxygen atoms in total. The van der Waals surface area contributed by atoms with Crippen LogP contribution in [0.5, 0.6) is 11.5 Å². The number of benzene rings is 2. The molecule has 2 aromatic carbocycles. The first kappa shape index (κ1) is 19.9. The van der Waals surface area contributed by atoms with Crippen molar-refractivity contribution >= 4 is 27.4 Å². The van der Waals surface area contributed by atoms with Crippen LogP contribution < -0.4 is 10.5 Å². The number of nitrogens with two attached hydrogens (primary N) is 1. The molecule has 0 saturated heterocycles. The average Bonchev–Trinajstić information content (AvgIpc) is 3.11. The lowest BCUT2D eigenvalue weighted by Crippen LogP contribution is -1.95. The number of fused-ring (bicyclic) bond motifs is 1. The van der Waals surface area contributed by atoms with Crippen molar-refractivity contribution in [3.05, 3.63) is 65.5 Å². The fraction of sp³-hybridized carbons (Fsp3) is 0.182. The second kappa shape index (κ2) is 8.56. The normalized spacial score (nSPS) is 11.4. The number of phenolic OH excluding ortho intramolecular Hbond substituents is 1. The first-order chi connectivity index (χ1) is 14.6. The molecule has 0 amide bonds. The van der Waals surface area contributed by atoms with Gasteiger partial charge in [-0.25, -0.2) is 9.97 Å². The fourth-order valence-corrected chi connectivity index (χ4v) is 4.36. The summed E-state index contributed by atoms with van der Waals surface area (Å²) < 4.78 is 5.96. The quantitative estimate of drug-likeness (QED) is 0.422. The van der Waals surface area contributed by atoms with E-state index in [0.717, 1.165) is 37.3 Å². The number of methoxy groups -OCH3 is 1. The Morgan fingerprint density at radius 2 is 1.87 bits per heavy atom. The van der Waals surface area contributed by atoms with Crippen molar-refractivity contribution < 1.29 is 9.84 Å². The number of aromatic nitrogens is 2. The van der Waals surface area contributed by atoms with Crippen molar-refractivity contribution in [1.82, 2.24) is 9.97 Å². The van der Waals surface area contributed by atoms with Crippen molar-refractivity contribution in [3.8, 4) is 21.9 Å². The maximum absolute atomic E-state index is 9.90. The third kappa shape index (κ3) is 3.87. The van der Waals surface area contributed by atoms with Crippen LogP contribution in [0, 0.1) is 6.92 Å². The van der Waals surface area contributed by atoms with Crippen molar-refractivity contribution in [2.24, 2.45) is 16.0 Å². The van der Waals surface area contributed by atoms with Gasteiger partial charge in [-0.05, 0) is 41.3 Å². The standard InChI is InChI=1S/C22H21N5O2S/c1-13-19-21(30-20(13)16-6-3-14(10-23)4-7-16)22(25-12-24-19)27-26-11-15-5-8-18(29-2)17(28)9-15/h3-9,12,28H,10-11,23H2,1-2H3. The molecule has 4 aromatic rings. The van der Waals surface area contributed by atoms with Crippen molar-refractivity contribution in [2.75, 3.05) is 7.11 Å². The third-order valence-electron chi connectivity index (χ3n) is 4.80. The van der Waals surface area contributed by atoms with Gasteiger partial charge in [0.1, 0.15) is 11.0 Å². The van der Waals surface area contributed by atoms with Crippen LogP contribution in [-0.4, -0.2) is 22.2 Å². The summed E-state index contributed by atoms with van der Waals surface area (Å²) in [5.41, 5.74) is 10.7. The number of nitrogens with zero attached hydrogens (tertiary/aromatic N) is 4. The Morgan fingerprint density at radius 1 is 1.10 bits per heavy atom.